The highest BCUT2D eigenvalue weighted by molar-refractivity contribution is 5.13. The maximum absolute atomic E-state index is 10.5. The zero-order valence-electron chi connectivity index (χ0n) is 13.0. The van der Waals surface area contributed by atoms with Crippen LogP contribution >= 0.6 is 0 Å². The van der Waals surface area contributed by atoms with Gasteiger partial charge in [0.25, 0.3) is 0 Å². The molecule has 0 unspecified atom stereocenters. The second-order valence-electron chi connectivity index (χ2n) is 5.14. The maximum Gasteiger partial charge on any atom is 0.168 e. The standard InChI is InChI=1S/C14H18N6O4/c1-22-14-11(18-20-16)13(12(21)10(24-14)7-17-19-15)23-8-9-5-3-2-4-6-9/h2-6,10-14,21H,7-8H2,1H3/t10-,11-,12-,13-,14+/m1/s1. The first-order valence-electron chi connectivity index (χ1n) is 7.28. The third kappa shape index (κ3) is 4.36. The Kier molecular flexibility index (Phi) is 6.83. The van der Waals surface area contributed by atoms with Crippen LogP contribution in [-0.2, 0) is 20.8 Å². The van der Waals surface area contributed by atoms with Crippen molar-refractivity contribution in [3.63, 3.8) is 0 Å². The van der Waals surface area contributed by atoms with Gasteiger partial charge in [0.2, 0.25) is 0 Å². The van der Waals surface area contributed by atoms with Crippen molar-refractivity contribution in [2.75, 3.05) is 13.7 Å². The molecule has 1 aromatic rings. The lowest BCUT2D eigenvalue weighted by molar-refractivity contribution is -0.258. The maximum atomic E-state index is 10.5. The summed E-state index contributed by atoms with van der Waals surface area (Å²) in [4.78, 5) is 5.44. The minimum absolute atomic E-state index is 0.0916. The predicted octanol–water partition coefficient (Wildman–Crippen LogP) is 2.29. The van der Waals surface area contributed by atoms with E-state index >= 15 is 0 Å². The van der Waals surface area contributed by atoms with Gasteiger partial charge in [-0.15, -0.1) is 0 Å². The molecule has 0 aliphatic carbocycles. The number of methoxy groups -OCH3 is 1. The summed E-state index contributed by atoms with van der Waals surface area (Å²) >= 11 is 0. The van der Waals surface area contributed by atoms with Crippen LogP contribution in [0.25, 0.3) is 20.9 Å². The number of aliphatic hydroxyl groups is 1. The lowest BCUT2D eigenvalue weighted by Gasteiger charge is -2.42. The summed E-state index contributed by atoms with van der Waals surface area (Å²) < 4.78 is 16.5. The molecule has 0 aromatic heterocycles. The molecule has 1 aromatic carbocycles. The van der Waals surface area contributed by atoms with Crippen LogP contribution in [0.4, 0.5) is 0 Å². The van der Waals surface area contributed by atoms with Crippen molar-refractivity contribution in [3.05, 3.63) is 56.8 Å². The van der Waals surface area contributed by atoms with Crippen LogP contribution in [0.5, 0.6) is 0 Å². The van der Waals surface area contributed by atoms with Crippen LogP contribution in [0.2, 0.25) is 0 Å². The quantitative estimate of drug-likeness (QED) is 0.463. The largest absolute Gasteiger partial charge is 0.388 e. The molecule has 128 valence electrons. The summed E-state index contributed by atoms with van der Waals surface area (Å²) in [5.41, 5.74) is 18.1. The minimum atomic E-state index is -1.14. The number of hydrogen-bond donors (Lipinski definition) is 1. The Morgan fingerprint density at radius 1 is 1.25 bits per heavy atom. The number of azide groups is 2. The zero-order chi connectivity index (χ0) is 17.4. The van der Waals surface area contributed by atoms with Crippen molar-refractivity contribution in [1.82, 2.24) is 0 Å². The second kappa shape index (κ2) is 9.09. The highest BCUT2D eigenvalue weighted by Crippen LogP contribution is 2.27. The van der Waals surface area contributed by atoms with Gasteiger partial charge in [0.15, 0.2) is 6.29 Å². The molecule has 1 fully saturated rings. The van der Waals surface area contributed by atoms with Crippen molar-refractivity contribution < 1.29 is 19.3 Å². The normalized spacial score (nSPS) is 29.3. The highest BCUT2D eigenvalue weighted by atomic mass is 16.7. The molecule has 0 bridgehead atoms. The Morgan fingerprint density at radius 2 is 2.00 bits per heavy atom. The fourth-order valence-electron chi connectivity index (χ4n) is 2.51. The molecule has 2 rings (SSSR count). The SMILES string of the molecule is CO[C@H]1O[C@H](CN=[N+]=[N-])[C@@H](O)[C@H](OCc2ccccc2)[C@H]1N=[N+]=[N-]. The number of nitrogens with zero attached hydrogens (tertiary/aromatic N) is 6. The van der Waals surface area contributed by atoms with Crippen LogP contribution in [0.15, 0.2) is 40.6 Å². The molecule has 1 aliphatic rings. The van der Waals surface area contributed by atoms with Gasteiger partial charge >= 0.3 is 0 Å². The molecule has 10 nitrogen and oxygen atoms in total. The van der Waals surface area contributed by atoms with Crippen molar-refractivity contribution in [2.45, 2.75) is 37.3 Å². The molecule has 1 saturated heterocycles. The molecule has 1 aliphatic heterocycles. The van der Waals surface area contributed by atoms with E-state index in [9.17, 15) is 5.11 Å². The van der Waals surface area contributed by atoms with Crippen LogP contribution in [0, 0.1) is 0 Å². The molecule has 0 saturated carbocycles. The third-order valence-corrected chi connectivity index (χ3v) is 3.67. The van der Waals surface area contributed by atoms with E-state index in [2.05, 4.69) is 20.1 Å². The Hall–Kier alpha value is -2.32. The van der Waals surface area contributed by atoms with Crippen LogP contribution in [-0.4, -0.2) is 49.4 Å². The van der Waals surface area contributed by atoms with E-state index in [1.807, 2.05) is 30.3 Å². The summed E-state index contributed by atoms with van der Waals surface area (Å²) in [7, 11) is 1.39. The Balaban J connectivity index is 2.18. The molecule has 1 heterocycles. The Morgan fingerprint density at radius 3 is 2.62 bits per heavy atom. The molecule has 5 atom stereocenters. The summed E-state index contributed by atoms with van der Waals surface area (Å²) in [5, 5.41) is 17.5. The highest BCUT2D eigenvalue weighted by Gasteiger charge is 2.45. The molecule has 10 heteroatoms. The predicted molar refractivity (Wildman–Crippen MR) is 83.6 cm³/mol. The average Bonchev–Trinajstić information content (AvgIpc) is 2.61. The Labute approximate surface area is 138 Å². The summed E-state index contributed by atoms with van der Waals surface area (Å²) in [6.45, 7) is 0.121. The number of aliphatic hydroxyl groups excluding tert-OH is 1. The van der Waals surface area contributed by atoms with E-state index in [1.165, 1.54) is 7.11 Å². The van der Waals surface area contributed by atoms with E-state index < -0.39 is 30.6 Å². The molecule has 0 spiro atoms. The first-order valence-corrected chi connectivity index (χ1v) is 7.28. The summed E-state index contributed by atoms with van der Waals surface area (Å²) in [6, 6.07) is 8.49. The first-order chi connectivity index (χ1) is 11.7. The van der Waals surface area contributed by atoms with Gasteiger partial charge in [-0.05, 0) is 16.6 Å². The molecule has 0 radical (unpaired) electrons. The first kappa shape index (κ1) is 18.0. The van der Waals surface area contributed by atoms with Crippen molar-refractivity contribution in [2.24, 2.45) is 10.2 Å². The lowest BCUT2D eigenvalue weighted by atomic mass is 9.97. The molecular weight excluding hydrogens is 316 g/mol. The van der Waals surface area contributed by atoms with E-state index in [4.69, 9.17) is 25.3 Å². The molecular formula is C14H18N6O4. The Bertz CT molecular complexity index is 617. The average molecular weight is 334 g/mol. The van der Waals surface area contributed by atoms with Gasteiger partial charge in [-0.2, -0.15) is 0 Å². The summed E-state index contributed by atoms with van der Waals surface area (Å²) in [5.74, 6) is 0. The van der Waals surface area contributed by atoms with E-state index in [-0.39, 0.29) is 13.2 Å². The summed E-state index contributed by atoms with van der Waals surface area (Å²) in [6.07, 6.45) is -3.74. The fraction of sp³-hybridized carbons (Fsp3) is 0.571. The molecule has 24 heavy (non-hydrogen) atoms. The van der Waals surface area contributed by atoms with Gasteiger partial charge in [0.05, 0.1) is 25.4 Å². The van der Waals surface area contributed by atoms with Gasteiger partial charge in [-0.1, -0.05) is 40.6 Å². The monoisotopic (exact) mass is 334 g/mol. The number of benzene rings is 1. The minimum Gasteiger partial charge on any atom is -0.388 e. The third-order valence-electron chi connectivity index (χ3n) is 3.67. The fourth-order valence-corrected chi connectivity index (χ4v) is 2.51. The number of ether oxygens (including phenoxy) is 3. The van der Waals surface area contributed by atoms with Crippen molar-refractivity contribution in [1.29, 1.82) is 0 Å². The zero-order valence-corrected chi connectivity index (χ0v) is 13.0. The van der Waals surface area contributed by atoms with Crippen molar-refractivity contribution in [3.8, 4) is 0 Å². The van der Waals surface area contributed by atoms with Crippen LogP contribution in [0.1, 0.15) is 5.56 Å². The van der Waals surface area contributed by atoms with E-state index in [0.717, 1.165) is 5.56 Å². The van der Waals surface area contributed by atoms with Crippen molar-refractivity contribution >= 4 is 0 Å². The van der Waals surface area contributed by atoms with E-state index in [1.54, 1.807) is 0 Å². The van der Waals surface area contributed by atoms with Gasteiger partial charge in [-0.3, -0.25) is 0 Å². The van der Waals surface area contributed by atoms with Gasteiger partial charge < -0.3 is 19.3 Å². The van der Waals surface area contributed by atoms with Gasteiger partial charge in [0, 0.05) is 16.9 Å². The lowest BCUT2D eigenvalue weighted by Crippen LogP contribution is -2.58. The van der Waals surface area contributed by atoms with E-state index in [0.29, 0.717) is 0 Å². The van der Waals surface area contributed by atoms with Gasteiger partial charge in [-0.25, -0.2) is 0 Å². The van der Waals surface area contributed by atoms with Gasteiger partial charge in [0.1, 0.15) is 12.1 Å². The number of rotatable bonds is 7. The second-order valence-corrected chi connectivity index (χ2v) is 5.14. The molecule has 0 amide bonds. The topological polar surface area (TPSA) is 145 Å². The smallest absolute Gasteiger partial charge is 0.168 e. The van der Waals surface area contributed by atoms with Crippen LogP contribution < -0.4 is 0 Å². The number of hydrogen-bond acceptors (Lipinski definition) is 6. The van der Waals surface area contributed by atoms with Crippen LogP contribution in [0.3, 0.4) is 0 Å². The molecule has 1 N–H and O–H groups in total.